The Morgan fingerprint density at radius 3 is 2.04 bits per heavy atom. The first kappa shape index (κ1) is 19.3. The number of piperidine rings is 2. The molecule has 1 aliphatic carbocycles. The van der Waals surface area contributed by atoms with Gasteiger partial charge in [-0.15, -0.1) is 0 Å². The number of likely N-dealkylation sites (tertiary alicyclic amines) is 2. The van der Waals surface area contributed by atoms with Crippen molar-refractivity contribution in [3.05, 3.63) is 29.8 Å². The molecule has 28 heavy (non-hydrogen) atoms. The Morgan fingerprint density at radius 2 is 1.39 bits per heavy atom. The van der Waals surface area contributed by atoms with Crippen LogP contribution in [0, 0.1) is 5.92 Å². The Bertz CT molecular complexity index is 668. The predicted molar refractivity (Wildman–Crippen MR) is 108 cm³/mol. The van der Waals surface area contributed by atoms with E-state index in [0.29, 0.717) is 30.7 Å². The molecule has 0 bridgehead atoms. The smallest absolute Gasteiger partial charge is 0.253 e. The molecule has 3 fully saturated rings. The van der Waals surface area contributed by atoms with Gasteiger partial charge in [0.05, 0.1) is 6.10 Å². The molecule has 0 unspecified atom stereocenters. The first-order chi connectivity index (χ1) is 13.7. The van der Waals surface area contributed by atoms with Gasteiger partial charge >= 0.3 is 0 Å². The molecule has 1 aromatic carbocycles. The predicted octanol–water partition coefficient (Wildman–Crippen LogP) is 3.87. The van der Waals surface area contributed by atoms with Gasteiger partial charge in [0.25, 0.3) is 5.91 Å². The Labute approximate surface area is 168 Å². The zero-order valence-corrected chi connectivity index (χ0v) is 16.8. The fourth-order valence-corrected chi connectivity index (χ4v) is 4.76. The summed E-state index contributed by atoms with van der Waals surface area (Å²) in [6.45, 7) is 3.16. The molecule has 0 radical (unpaired) electrons. The van der Waals surface area contributed by atoms with Crippen LogP contribution < -0.4 is 4.74 Å². The summed E-state index contributed by atoms with van der Waals surface area (Å²) in [5.74, 6) is 1.31. The highest BCUT2D eigenvalue weighted by molar-refractivity contribution is 5.94. The normalized spacial score (nSPS) is 21.7. The topological polar surface area (TPSA) is 49.9 Å². The SMILES string of the molecule is O=C(c1ccc(OC2CCCC2)cc1)N1CCC(C(=O)N2CCCCC2)CC1. The summed E-state index contributed by atoms with van der Waals surface area (Å²) < 4.78 is 5.99. The summed E-state index contributed by atoms with van der Waals surface area (Å²) in [6, 6.07) is 7.57. The minimum Gasteiger partial charge on any atom is -0.490 e. The minimum absolute atomic E-state index is 0.0660. The fraction of sp³-hybridized carbons (Fsp3) is 0.652. The van der Waals surface area contributed by atoms with E-state index in [4.69, 9.17) is 4.74 Å². The van der Waals surface area contributed by atoms with Crippen LogP contribution in [0.3, 0.4) is 0 Å². The van der Waals surface area contributed by atoms with Crippen LogP contribution in [0.15, 0.2) is 24.3 Å². The van der Waals surface area contributed by atoms with Crippen molar-refractivity contribution in [3.63, 3.8) is 0 Å². The van der Waals surface area contributed by atoms with Crippen LogP contribution in [-0.4, -0.2) is 53.9 Å². The van der Waals surface area contributed by atoms with Crippen LogP contribution in [0.5, 0.6) is 5.75 Å². The Hall–Kier alpha value is -2.04. The molecule has 2 saturated heterocycles. The molecule has 5 nitrogen and oxygen atoms in total. The maximum atomic E-state index is 12.8. The molecule has 0 atom stereocenters. The monoisotopic (exact) mass is 384 g/mol. The van der Waals surface area contributed by atoms with Gasteiger partial charge in [0.15, 0.2) is 0 Å². The van der Waals surface area contributed by atoms with Crippen molar-refractivity contribution in [2.75, 3.05) is 26.2 Å². The molecular formula is C23H32N2O3. The zero-order valence-electron chi connectivity index (χ0n) is 16.8. The number of rotatable bonds is 4. The number of carbonyl (C=O) groups excluding carboxylic acids is 2. The van der Waals surface area contributed by atoms with Crippen molar-refractivity contribution in [2.45, 2.75) is 63.9 Å². The van der Waals surface area contributed by atoms with E-state index in [-0.39, 0.29) is 11.8 Å². The molecule has 1 saturated carbocycles. The summed E-state index contributed by atoms with van der Waals surface area (Å²) in [6.07, 6.45) is 10.1. The van der Waals surface area contributed by atoms with E-state index in [1.54, 1.807) is 0 Å². The minimum atomic E-state index is 0.0660. The molecule has 3 aliphatic rings. The van der Waals surface area contributed by atoms with E-state index in [9.17, 15) is 9.59 Å². The number of benzene rings is 1. The molecule has 2 amide bonds. The molecule has 2 heterocycles. The van der Waals surface area contributed by atoms with E-state index >= 15 is 0 Å². The van der Waals surface area contributed by atoms with Crippen LogP contribution in [0.1, 0.15) is 68.1 Å². The molecule has 2 aliphatic heterocycles. The lowest BCUT2D eigenvalue weighted by molar-refractivity contribution is -0.137. The highest BCUT2D eigenvalue weighted by Crippen LogP contribution is 2.26. The summed E-state index contributed by atoms with van der Waals surface area (Å²) in [5, 5.41) is 0. The molecule has 5 heteroatoms. The lowest BCUT2D eigenvalue weighted by Crippen LogP contribution is -2.45. The summed E-state index contributed by atoms with van der Waals surface area (Å²) in [5.41, 5.74) is 0.708. The van der Waals surface area contributed by atoms with Gasteiger partial charge in [0.2, 0.25) is 5.91 Å². The van der Waals surface area contributed by atoms with Crippen molar-refractivity contribution < 1.29 is 14.3 Å². The second-order valence-electron chi connectivity index (χ2n) is 8.50. The van der Waals surface area contributed by atoms with Crippen molar-refractivity contribution in [1.82, 2.24) is 9.80 Å². The number of carbonyl (C=O) groups is 2. The van der Waals surface area contributed by atoms with Gasteiger partial charge in [-0.25, -0.2) is 0 Å². The zero-order chi connectivity index (χ0) is 19.3. The second kappa shape index (κ2) is 8.97. The van der Waals surface area contributed by atoms with Gasteiger partial charge in [0.1, 0.15) is 5.75 Å². The largest absolute Gasteiger partial charge is 0.490 e. The van der Waals surface area contributed by atoms with E-state index in [0.717, 1.165) is 57.4 Å². The van der Waals surface area contributed by atoms with Gasteiger partial charge in [0, 0.05) is 37.7 Å². The van der Waals surface area contributed by atoms with Crippen LogP contribution in [-0.2, 0) is 4.79 Å². The maximum absolute atomic E-state index is 12.8. The molecule has 152 valence electrons. The standard InChI is InChI=1S/C23H32N2O3/c26-22(18-8-10-21(11-9-18)28-20-6-2-3-7-20)25-16-12-19(13-17-25)23(27)24-14-4-1-5-15-24/h8-11,19-20H,1-7,12-17H2. The van der Waals surface area contributed by atoms with Crippen LogP contribution in [0.25, 0.3) is 0 Å². The number of hydrogen-bond acceptors (Lipinski definition) is 3. The van der Waals surface area contributed by atoms with Crippen molar-refractivity contribution >= 4 is 11.8 Å². The number of hydrogen-bond donors (Lipinski definition) is 0. The van der Waals surface area contributed by atoms with E-state index in [1.165, 1.54) is 19.3 Å². The highest BCUT2D eigenvalue weighted by atomic mass is 16.5. The second-order valence-corrected chi connectivity index (χ2v) is 8.50. The maximum Gasteiger partial charge on any atom is 0.253 e. The van der Waals surface area contributed by atoms with Crippen molar-refractivity contribution in [1.29, 1.82) is 0 Å². The lowest BCUT2D eigenvalue weighted by Gasteiger charge is -2.35. The van der Waals surface area contributed by atoms with Gasteiger partial charge in [-0.2, -0.15) is 0 Å². The van der Waals surface area contributed by atoms with Gasteiger partial charge in [-0.3, -0.25) is 9.59 Å². The van der Waals surface area contributed by atoms with Crippen LogP contribution in [0.2, 0.25) is 0 Å². The number of nitrogens with zero attached hydrogens (tertiary/aromatic N) is 2. The third-order valence-electron chi connectivity index (χ3n) is 6.51. The van der Waals surface area contributed by atoms with Crippen LogP contribution in [0.4, 0.5) is 0 Å². The molecule has 0 spiro atoms. The van der Waals surface area contributed by atoms with E-state index in [1.807, 2.05) is 34.1 Å². The Morgan fingerprint density at radius 1 is 0.750 bits per heavy atom. The molecular weight excluding hydrogens is 352 g/mol. The van der Waals surface area contributed by atoms with Gasteiger partial charge in [-0.1, -0.05) is 0 Å². The molecule has 0 N–H and O–H groups in total. The summed E-state index contributed by atoms with van der Waals surface area (Å²) in [4.78, 5) is 29.4. The first-order valence-electron chi connectivity index (χ1n) is 11.1. The van der Waals surface area contributed by atoms with Crippen LogP contribution >= 0.6 is 0 Å². The molecule has 0 aromatic heterocycles. The Balaban J connectivity index is 1.28. The van der Waals surface area contributed by atoms with E-state index < -0.39 is 0 Å². The third-order valence-corrected chi connectivity index (χ3v) is 6.51. The average Bonchev–Trinajstić information content (AvgIpc) is 3.27. The third kappa shape index (κ3) is 4.50. The summed E-state index contributed by atoms with van der Waals surface area (Å²) in [7, 11) is 0. The average molecular weight is 385 g/mol. The molecule has 1 aromatic rings. The van der Waals surface area contributed by atoms with Gasteiger partial charge < -0.3 is 14.5 Å². The lowest BCUT2D eigenvalue weighted by atomic mass is 9.94. The highest BCUT2D eigenvalue weighted by Gasteiger charge is 2.31. The summed E-state index contributed by atoms with van der Waals surface area (Å²) >= 11 is 0. The van der Waals surface area contributed by atoms with Crippen molar-refractivity contribution in [2.24, 2.45) is 5.92 Å². The number of amides is 2. The Kier molecular flexibility index (Phi) is 6.18. The number of ether oxygens (including phenoxy) is 1. The van der Waals surface area contributed by atoms with Crippen molar-refractivity contribution in [3.8, 4) is 5.75 Å². The quantitative estimate of drug-likeness (QED) is 0.792. The van der Waals surface area contributed by atoms with E-state index in [2.05, 4.69) is 0 Å². The molecule has 4 rings (SSSR count). The first-order valence-corrected chi connectivity index (χ1v) is 11.1. The van der Waals surface area contributed by atoms with Gasteiger partial charge in [-0.05, 0) is 82.1 Å². The fourth-order valence-electron chi connectivity index (χ4n) is 4.76.